The Morgan fingerprint density at radius 2 is 2.00 bits per heavy atom. The average Bonchev–Trinajstić information content (AvgIpc) is 2.99. The highest BCUT2D eigenvalue weighted by Crippen LogP contribution is 2.40. The Morgan fingerprint density at radius 3 is 2.67 bits per heavy atom. The summed E-state index contributed by atoms with van der Waals surface area (Å²) in [5, 5.41) is 8.11. The second kappa shape index (κ2) is 5.72. The molecule has 1 amide bonds. The van der Waals surface area contributed by atoms with Crippen molar-refractivity contribution in [1.29, 1.82) is 0 Å². The van der Waals surface area contributed by atoms with E-state index in [0.29, 0.717) is 17.5 Å². The summed E-state index contributed by atoms with van der Waals surface area (Å²) in [7, 11) is 0. The van der Waals surface area contributed by atoms with Crippen LogP contribution in [0, 0.1) is 13.8 Å². The standard InChI is InChI=1S/C17H22N4O3/c1-9(14-10(2)19-23-11(14)3)17(22)21-8-4-5-13(21)15-18-16(24-20-15)12-6-7-12/h9,12-13H,4-8H2,1-3H3/t9-,13+/m1/s1. The molecular weight excluding hydrogens is 308 g/mol. The third-order valence-corrected chi connectivity index (χ3v) is 5.11. The third kappa shape index (κ3) is 2.52. The van der Waals surface area contributed by atoms with E-state index in [9.17, 15) is 4.79 Å². The van der Waals surface area contributed by atoms with Crippen LogP contribution >= 0.6 is 0 Å². The van der Waals surface area contributed by atoms with Crippen LogP contribution in [0.5, 0.6) is 0 Å². The van der Waals surface area contributed by atoms with Crippen molar-refractivity contribution in [2.24, 2.45) is 0 Å². The predicted octanol–water partition coefficient (Wildman–Crippen LogP) is 3.02. The first-order chi connectivity index (χ1) is 11.6. The first-order valence-electron chi connectivity index (χ1n) is 8.63. The van der Waals surface area contributed by atoms with Crippen LogP contribution in [0.3, 0.4) is 0 Å². The molecule has 2 fully saturated rings. The van der Waals surface area contributed by atoms with Crippen molar-refractivity contribution in [2.45, 2.75) is 64.3 Å². The van der Waals surface area contributed by atoms with Crippen LogP contribution in [-0.2, 0) is 4.79 Å². The fraction of sp³-hybridized carbons (Fsp3) is 0.647. The summed E-state index contributed by atoms with van der Waals surface area (Å²) >= 11 is 0. The summed E-state index contributed by atoms with van der Waals surface area (Å²) in [6.45, 7) is 6.36. The largest absolute Gasteiger partial charge is 0.361 e. The van der Waals surface area contributed by atoms with Crippen molar-refractivity contribution in [3.63, 3.8) is 0 Å². The SMILES string of the molecule is Cc1noc(C)c1[C@@H](C)C(=O)N1CCC[C@H]1c1noc(C2CC2)n1. The van der Waals surface area contributed by atoms with Gasteiger partial charge in [-0.25, -0.2) is 0 Å². The monoisotopic (exact) mass is 330 g/mol. The highest BCUT2D eigenvalue weighted by Gasteiger charge is 2.38. The molecule has 7 heteroatoms. The van der Waals surface area contributed by atoms with E-state index in [-0.39, 0.29) is 17.9 Å². The van der Waals surface area contributed by atoms with E-state index < -0.39 is 0 Å². The minimum atomic E-state index is -0.286. The number of carbonyl (C=O) groups excluding carboxylic acids is 1. The van der Waals surface area contributed by atoms with Gasteiger partial charge >= 0.3 is 0 Å². The molecule has 2 aliphatic rings. The molecule has 2 atom stereocenters. The van der Waals surface area contributed by atoms with Crippen LogP contribution in [0.2, 0.25) is 0 Å². The highest BCUT2D eigenvalue weighted by molar-refractivity contribution is 5.84. The summed E-state index contributed by atoms with van der Waals surface area (Å²) < 4.78 is 10.6. The van der Waals surface area contributed by atoms with E-state index in [1.54, 1.807) is 0 Å². The fourth-order valence-corrected chi connectivity index (χ4v) is 3.66. The summed E-state index contributed by atoms with van der Waals surface area (Å²) in [5.41, 5.74) is 1.66. The van der Waals surface area contributed by atoms with Crippen LogP contribution in [0.4, 0.5) is 0 Å². The third-order valence-electron chi connectivity index (χ3n) is 5.11. The van der Waals surface area contributed by atoms with Gasteiger partial charge < -0.3 is 13.9 Å². The zero-order valence-electron chi connectivity index (χ0n) is 14.3. The molecule has 0 bridgehead atoms. The Kier molecular flexibility index (Phi) is 3.66. The van der Waals surface area contributed by atoms with E-state index in [2.05, 4.69) is 15.3 Å². The first-order valence-corrected chi connectivity index (χ1v) is 8.63. The first kappa shape index (κ1) is 15.4. The number of likely N-dealkylation sites (tertiary alicyclic amines) is 1. The van der Waals surface area contributed by atoms with E-state index >= 15 is 0 Å². The van der Waals surface area contributed by atoms with Crippen molar-refractivity contribution in [3.8, 4) is 0 Å². The molecule has 3 heterocycles. The molecule has 128 valence electrons. The lowest BCUT2D eigenvalue weighted by Crippen LogP contribution is -2.34. The van der Waals surface area contributed by atoms with E-state index in [1.165, 1.54) is 0 Å². The van der Waals surface area contributed by atoms with E-state index in [4.69, 9.17) is 9.05 Å². The molecule has 0 aromatic carbocycles. The lowest BCUT2D eigenvalue weighted by atomic mass is 9.97. The van der Waals surface area contributed by atoms with Crippen molar-refractivity contribution < 1.29 is 13.8 Å². The number of hydrogen-bond acceptors (Lipinski definition) is 6. The number of nitrogens with zero attached hydrogens (tertiary/aromatic N) is 4. The molecule has 7 nitrogen and oxygen atoms in total. The molecule has 2 aromatic heterocycles. The molecule has 1 aliphatic heterocycles. The van der Waals surface area contributed by atoms with Gasteiger partial charge in [-0.2, -0.15) is 4.98 Å². The van der Waals surface area contributed by atoms with Gasteiger partial charge in [0.25, 0.3) is 0 Å². The van der Waals surface area contributed by atoms with E-state index in [0.717, 1.165) is 49.4 Å². The lowest BCUT2D eigenvalue weighted by Gasteiger charge is -2.25. The number of aromatic nitrogens is 3. The van der Waals surface area contributed by atoms with Gasteiger partial charge in [0.15, 0.2) is 5.82 Å². The zero-order chi connectivity index (χ0) is 16.8. The Hall–Kier alpha value is -2.18. The summed E-state index contributed by atoms with van der Waals surface area (Å²) in [6.07, 6.45) is 4.08. The number of amides is 1. The maximum atomic E-state index is 13.1. The topological polar surface area (TPSA) is 85.3 Å². The van der Waals surface area contributed by atoms with Gasteiger partial charge in [0.2, 0.25) is 11.8 Å². The summed E-state index contributed by atoms with van der Waals surface area (Å²) in [6, 6.07) is -0.0864. The normalized spacial score (nSPS) is 22.1. The van der Waals surface area contributed by atoms with Crippen LogP contribution in [0.25, 0.3) is 0 Å². The molecule has 4 rings (SSSR count). The molecule has 0 radical (unpaired) electrons. The molecule has 2 aromatic rings. The Labute approximate surface area is 140 Å². The predicted molar refractivity (Wildman–Crippen MR) is 84.4 cm³/mol. The van der Waals surface area contributed by atoms with Crippen LogP contribution in [0.15, 0.2) is 9.05 Å². The lowest BCUT2D eigenvalue weighted by molar-refractivity contribution is -0.133. The van der Waals surface area contributed by atoms with Crippen LogP contribution < -0.4 is 0 Å². The fourth-order valence-electron chi connectivity index (χ4n) is 3.66. The van der Waals surface area contributed by atoms with Crippen molar-refractivity contribution in [1.82, 2.24) is 20.2 Å². The zero-order valence-corrected chi connectivity index (χ0v) is 14.3. The molecule has 1 saturated carbocycles. The molecule has 0 unspecified atom stereocenters. The summed E-state index contributed by atoms with van der Waals surface area (Å²) in [5.74, 6) is 2.30. The number of rotatable bonds is 4. The molecule has 1 saturated heterocycles. The number of carbonyl (C=O) groups is 1. The highest BCUT2D eigenvalue weighted by atomic mass is 16.5. The van der Waals surface area contributed by atoms with Crippen molar-refractivity contribution in [3.05, 3.63) is 28.7 Å². The second-order valence-corrected chi connectivity index (χ2v) is 6.91. The molecular formula is C17H22N4O3. The smallest absolute Gasteiger partial charge is 0.230 e. The summed E-state index contributed by atoms with van der Waals surface area (Å²) in [4.78, 5) is 19.5. The van der Waals surface area contributed by atoms with Gasteiger partial charge in [-0.05, 0) is 46.5 Å². The number of aryl methyl sites for hydroxylation is 2. The van der Waals surface area contributed by atoms with Crippen molar-refractivity contribution in [2.75, 3.05) is 6.54 Å². The second-order valence-electron chi connectivity index (χ2n) is 6.91. The van der Waals surface area contributed by atoms with Gasteiger partial charge in [-0.3, -0.25) is 4.79 Å². The van der Waals surface area contributed by atoms with E-state index in [1.807, 2.05) is 25.7 Å². The van der Waals surface area contributed by atoms with Crippen LogP contribution in [0.1, 0.15) is 79.2 Å². The van der Waals surface area contributed by atoms with Crippen LogP contribution in [-0.4, -0.2) is 32.6 Å². The quantitative estimate of drug-likeness (QED) is 0.856. The van der Waals surface area contributed by atoms with Gasteiger partial charge in [-0.1, -0.05) is 10.3 Å². The molecule has 0 N–H and O–H groups in total. The maximum Gasteiger partial charge on any atom is 0.230 e. The van der Waals surface area contributed by atoms with Gasteiger partial charge in [0.05, 0.1) is 17.7 Å². The maximum absolute atomic E-state index is 13.1. The Balaban J connectivity index is 1.56. The van der Waals surface area contributed by atoms with Gasteiger partial charge in [0, 0.05) is 18.0 Å². The Bertz CT molecular complexity index is 742. The Morgan fingerprint density at radius 1 is 1.21 bits per heavy atom. The molecule has 24 heavy (non-hydrogen) atoms. The van der Waals surface area contributed by atoms with Gasteiger partial charge in [0.1, 0.15) is 5.76 Å². The minimum absolute atomic E-state index is 0.0738. The molecule has 1 aliphatic carbocycles. The molecule has 0 spiro atoms. The minimum Gasteiger partial charge on any atom is -0.361 e. The number of hydrogen-bond donors (Lipinski definition) is 0. The average molecular weight is 330 g/mol. The van der Waals surface area contributed by atoms with Gasteiger partial charge in [-0.15, -0.1) is 0 Å². The van der Waals surface area contributed by atoms with Crippen molar-refractivity contribution >= 4 is 5.91 Å².